The van der Waals surface area contributed by atoms with Crippen molar-refractivity contribution in [1.29, 1.82) is 0 Å². The molecule has 1 aromatic heterocycles. The quantitative estimate of drug-likeness (QED) is 0.320. The van der Waals surface area contributed by atoms with Crippen LogP contribution >= 0.6 is 0 Å². The first-order chi connectivity index (χ1) is 16.1. The van der Waals surface area contributed by atoms with Crippen LogP contribution in [0.1, 0.15) is 22.3 Å². The Morgan fingerprint density at radius 1 is 1.03 bits per heavy atom. The number of aromatic hydroxyl groups is 1. The maximum atomic E-state index is 16.1. The van der Waals surface area contributed by atoms with E-state index in [1.807, 2.05) is 0 Å². The second kappa shape index (κ2) is 8.81. The van der Waals surface area contributed by atoms with Gasteiger partial charge in [0.05, 0.1) is 10.9 Å². The summed E-state index contributed by atoms with van der Waals surface area (Å²) in [5.41, 5.74) is -0.0581. The number of amides is 1. The lowest BCUT2D eigenvalue weighted by Crippen LogP contribution is -2.18. The molecule has 0 saturated heterocycles. The number of carbonyl (C=O) groups excluding carboxylic acids is 1. The highest BCUT2D eigenvalue weighted by Crippen LogP contribution is 2.41. The van der Waals surface area contributed by atoms with Gasteiger partial charge in [-0.1, -0.05) is 12.1 Å². The normalized spacial score (nSPS) is 11.7. The number of halogens is 5. The van der Waals surface area contributed by atoms with Crippen molar-refractivity contribution in [3.8, 4) is 28.2 Å². The highest BCUT2D eigenvalue weighted by Gasteiger charge is 2.31. The Labute approximate surface area is 190 Å². The molecular weight excluding hydrogens is 457 g/mol. The van der Waals surface area contributed by atoms with Gasteiger partial charge in [-0.05, 0) is 60.0 Å². The molecule has 176 valence electrons. The summed E-state index contributed by atoms with van der Waals surface area (Å²) in [7, 11) is 1.33. The number of phenolic OH excluding ortho intramolecular Hbond substituents is 1. The number of hydrogen-bond donors (Lipinski definition) is 2. The summed E-state index contributed by atoms with van der Waals surface area (Å²) in [6, 6.07) is 11.7. The fraction of sp³-hybridized carbons (Fsp3) is 0.160. The van der Waals surface area contributed by atoms with Crippen LogP contribution in [0, 0.1) is 11.6 Å². The van der Waals surface area contributed by atoms with Crippen LogP contribution in [0.15, 0.2) is 59.0 Å². The van der Waals surface area contributed by atoms with Crippen LogP contribution < -0.4 is 5.32 Å². The SMILES string of the molecule is CNC(=O)c1c(-c2ccc(F)cc2)oc2cc(CCC(F)(F)F)c(-c3cccc(O)c3)c(F)c12. The molecule has 1 amide bonds. The van der Waals surface area contributed by atoms with Crippen LogP contribution in [-0.2, 0) is 6.42 Å². The highest BCUT2D eigenvalue weighted by molar-refractivity contribution is 6.12. The van der Waals surface area contributed by atoms with Gasteiger partial charge in [0.25, 0.3) is 5.91 Å². The van der Waals surface area contributed by atoms with Crippen LogP contribution in [0.2, 0.25) is 0 Å². The van der Waals surface area contributed by atoms with Gasteiger partial charge in [-0.3, -0.25) is 4.79 Å². The summed E-state index contributed by atoms with van der Waals surface area (Å²) in [4.78, 5) is 12.7. The number of fused-ring (bicyclic) bond motifs is 1. The van der Waals surface area contributed by atoms with Crippen LogP contribution in [0.4, 0.5) is 22.0 Å². The molecule has 1 heterocycles. The molecule has 0 saturated carbocycles. The molecule has 0 unspecified atom stereocenters. The third-order valence-electron chi connectivity index (χ3n) is 5.37. The predicted octanol–water partition coefficient (Wildman–Crippen LogP) is 6.61. The van der Waals surface area contributed by atoms with Crippen molar-refractivity contribution in [1.82, 2.24) is 5.32 Å². The molecule has 3 aromatic carbocycles. The molecule has 0 radical (unpaired) electrons. The number of nitrogens with one attached hydrogen (secondary N) is 1. The van der Waals surface area contributed by atoms with Crippen LogP contribution in [-0.4, -0.2) is 24.2 Å². The van der Waals surface area contributed by atoms with Gasteiger partial charge in [-0.25, -0.2) is 8.78 Å². The summed E-state index contributed by atoms with van der Waals surface area (Å²) < 4.78 is 74.2. The van der Waals surface area contributed by atoms with Gasteiger partial charge in [0.1, 0.15) is 28.7 Å². The van der Waals surface area contributed by atoms with Crippen molar-refractivity contribution in [2.75, 3.05) is 7.05 Å². The van der Waals surface area contributed by atoms with E-state index in [0.29, 0.717) is 0 Å². The maximum Gasteiger partial charge on any atom is 0.389 e. The first-order valence-electron chi connectivity index (χ1n) is 10.2. The van der Waals surface area contributed by atoms with Crippen molar-refractivity contribution in [3.05, 3.63) is 77.4 Å². The van der Waals surface area contributed by atoms with E-state index in [4.69, 9.17) is 4.42 Å². The molecule has 0 aliphatic heterocycles. The smallest absolute Gasteiger partial charge is 0.389 e. The lowest BCUT2D eigenvalue weighted by Gasteiger charge is -2.14. The largest absolute Gasteiger partial charge is 0.508 e. The number of alkyl halides is 3. The first kappa shape index (κ1) is 23.3. The molecule has 9 heteroatoms. The summed E-state index contributed by atoms with van der Waals surface area (Å²) in [5.74, 6) is -2.45. The molecule has 4 aromatic rings. The molecule has 0 fully saturated rings. The first-order valence-corrected chi connectivity index (χ1v) is 10.2. The zero-order chi connectivity index (χ0) is 24.6. The topological polar surface area (TPSA) is 62.5 Å². The van der Waals surface area contributed by atoms with E-state index in [1.165, 1.54) is 49.5 Å². The fourth-order valence-electron chi connectivity index (χ4n) is 3.86. The minimum atomic E-state index is -4.49. The number of benzene rings is 3. The summed E-state index contributed by atoms with van der Waals surface area (Å²) >= 11 is 0. The number of furan rings is 1. The van der Waals surface area contributed by atoms with E-state index in [2.05, 4.69) is 5.32 Å². The monoisotopic (exact) mass is 475 g/mol. The Morgan fingerprint density at radius 3 is 2.35 bits per heavy atom. The third-order valence-corrected chi connectivity index (χ3v) is 5.37. The van der Waals surface area contributed by atoms with Crippen molar-refractivity contribution in [2.45, 2.75) is 19.0 Å². The zero-order valence-electron chi connectivity index (χ0n) is 17.8. The lowest BCUT2D eigenvalue weighted by molar-refractivity contribution is -0.133. The Kier molecular flexibility index (Phi) is 6.03. The standard InChI is InChI=1S/C25H18F5NO3/c1-31-24(33)21-20-18(34-23(21)13-5-7-16(26)8-6-13)12-15(9-10-25(28,29)30)19(22(20)27)14-3-2-4-17(32)11-14/h2-8,11-12,32H,9-10H2,1H3,(H,31,33). The average Bonchev–Trinajstić information content (AvgIpc) is 3.17. The highest BCUT2D eigenvalue weighted by atomic mass is 19.4. The zero-order valence-corrected chi connectivity index (χ0v) is 17.8. The summed E-state index contributed by atoms with van der Waals surface area (Å²) in [6.07, 6.45) is -6.25. The summed E-state index contributed by atoms with van der Waals surface area (Å²) in [5, 5.41) is 12.0. The molecule has 4 rings (SSSR count). The molecule has 34 heavy (non-hydrogen) atoms. The number of carbonyl (C=O) groups is 1. The van der Waals surface area contributed by atoms with E-state index < -0.39 is 36.6 Å². The van der Waals surface area contributed by atoms with Crippen LogP contribution in [0.25, 0.3) is 33.4 Å². The van der Waals surface area contributed by atoms with E-state index in [1.54, 1.807) is 0 Å². The average molecular weight is 475 g/mol. The molecule has 0 spiro atoms. The van der Waals surface area contributed by atoms with Gasteiger partial charge in [0, 0.05) is 24.6 Å². The number of rotatable bonds is 5. The van der Waals surface area contributed by atoms with E-state index in [9.17, 15) is 27.5 Å². The molecule has 4 nitrogen and oxygen atoms in total. The van der Waals surface area contributed by atoms with Gasteiger partial charge >= 0.3 is 6.18 Å². The fourth-order valence-corrected chi connectivity index (χ4v) is 3.86. The minimum absolute atomic E-state index is 0.00390. The number of hydrogen-bond acceptors (Lipinski definition) is 3. The second-order valence-corrected chi connectivity index (χ2v) is 7.66. The maximum absolute atomic E-state index is 16.1. The van der Waals surface area contributed by atoms with Crippen molar-refractivity contribution >= 4 is 16.9 Å². The molecule has 0 atom stereocenters. The van der Waals surface area contributed by atoms with Gasteiger partial charge in [0.2, 0.25) is 0 Å². The van der Waals surface area contributed by atoms with Gasteiger partial charge in [-0.15, -0.1) is 0 Å². The van der Waals surface area contributed by atoms with Crippen molar-refractivity contribution < 1.29 is 36.3 Å². The number of phenols is 1. The van der Waals surface area contributed by atoms with Gasteiger partial charge < -0.3 is 14.8 Å². The second-order valence-electron chi connectivity index (χ2n) is 7.66. The van der Waals surface area contributed by atoms with Crippen LogP contribution in [0.5, 0.6) is 5.75 Å². The van der Waals surface area contributed by atoms with Gasteiger partial charge in [-0.2, -0.15) is 13.2 Å². The molecule has 0 bridgehead atoms. The minimum Gasteiger partial charge on any atom is -0.508 e. The molecule has 0 aliphatic rings. The van der Waals surface area contributed by atoms with Crippen molar-refractivity contribution in [2.24, 2.45) is 0 Å². The van der Waals surface area contributed by atoms with E-state index >= 15 is 4.39 Å². The van der Waals surface area contributed by atoms with Crippen molar-refractivity contribution in [3.63, 3.8) is 0 Å². The Balaban J connectivity index is 2.05. The summed E-state index contributed by atoms with van der Waals surface area (Å²) in [6.45, 7) is 0. The number of aryl methyl sites for hydroxylation is 1. The predicted molar refractivity (Wildman–Crippen MR) is 116 cm³/mol. The molecular formula is C25H18F5NO3. The van der Waals surface area contributed by atoms with Gasteiger partial charge in [0.15, 0.2) is 0 Å². The third kappa shape index (κ3) is 4.46. The van der Waals surface area contributed by atoms with Crippen LogP contribution in [0.3, 0.4) is 0 Å². The molecule has 0 aliphatic carbocycles. The lowest BCUT2D eigenvalue weighted by atomic mass is 9.92. The van der Waals surface area contributed by atoms with E-state index in [0.717, 1.165) is 12.1 Å². The molecule has 2 N–H and O–H groups in total. The Bertz CT molecular complexity index is 1370. The van der Waals surface area contributed by atoms with E-state index in [-0.39, 0.29) is 50.3 Å². The Hall–Kier alpha value is -3.88. The Morgan fingerprint density at radius 2 is 1.74 bits per heavy atom.